The van der Waals surface area contributed by atoms with E-state index in [0.717, 1.165) is 5.69 Å². The third-order valence-electron chi connectivity index (χ3n) is 2.68. The van der Waals surface area contributed by atoms with Crippen molar-refractivity contribution in [3.8, 4) is 11.4 Å². The molecule has 0 aliphatic rings. The van der Waals surface area contributed by atoms with Gasteiger partial charge < -0.3 is 4.42 Å². The summed E-state index contributed by atoms with van der Waals surface area (Å²) in [4.78, 5) is 28.2. The summed E-state index contributed by atoms with van der Waals surface area (Å²) in [6.45, 7) is 0. The van der Waals surface area contributed by atoms with Crippen LogP contribution in [0.2, 0.25) is 0 Å². The quantitative estimate of drug-likeness (QED) is 0.671. The molecular weight excluding hydrogens is 256 g/mol. The monoisotopic (exact) mass is 266 g/mol. The minimum absolute atomic E-state index is 0.130. The molecule has 0 N–H and O–H groups in total. The van der Waals surface area contributed by atoms with Crippen molar-refractivity contribution in [2.45, 2.75) is 6.42 Å². The average Bonchev–Trinajstić information content (AvgIpc) is 3.03. The number of carbonyl (C=O) groups is 1. The third kappa shape index (κ3) is 2.59. The summed E-state index contributed by atoms with van der Waals surface area (Å²) >= 11 is 0. The topological polar surface area (TPSA) is 81.8 Å². The standard InChI is InChI=1S/C14H10N4O2/c19-13(14-8-15-9-20-14)5-10-6-18-12(7-17-10)11-3-1-2-4-16-11/h1-4,6-9H,5H2. The number of hydrogen-bond donors (Lipinski definition) is 0. The number of ketones is 1. The molecule has 20 heavy (non-hydrogen) atoms. The van der Waals surface area contributed by atoms with Crippen LogP contribution in [0.1, 0.15) is 16.2 Å². The molecule has 0 radical (unpaired) electrons. The van der Waals surface area contributed by atoms with Crippen LogP contribution in [0.4, 0.5) is 0 Å². The zero-order valence-corrected chi connectivity index (χ0v) is 10.4. The number of nitrogens with zero attached hydrogens (tertiary/aromatic N) is 4. The molecule has 0 amide bonds. The van der Waals surface area contributed by atoms with Crippen molar-refractivity contribution >= 4 is 5.78 Å². The molecule has 6 heteroatoms. The lowest BCUT2D eigenvalue weighted by Crippen LogP contribution is -2.04. The second-order valence-corrected chi connectivity index (χ2v) is 4.07. The number of pyridine rings is 1. The lowest BCUT2D eigenvalue weighted by Gasteiger charge is -2.01. The molecule has 0 saturated carbocycles. The first-order chi connectivity index (χ1) is 9.83. The normalized spacial score (nSPS) is 10.4. The van der Waals surface area contributed by atoms with Crippen LogP contribution in [0.3, 0.4) is 0 Å². The van der Waals surface area contributed by atoms with Gasteiger partial charge in [-0.2, -0.15) is 0 Å². The fraction of sp³-hybridized carbons (Fsp3) is 0.0714. The Morgan fingerprint density at radius 3 is 2.65 bits per heavy atom. The zero-order valence-electron chi connectivity index (χ0n) is 10.4. The number of aromatic nitrogens is 4. The fourth-order valence-electron chi connectivity index (χ4n) is 1.70. The molecular formula is C14H10N4O2. The van der Waals surface area contributed by atoms with E-state index in [1.54, 1.807) is 18.6 Å². The first-order valence-corrected chi connectivity index (χ1v) is 5.97. The van der Waals surface area contributed by atoms with Gasteiger partial charge in [0.1, 0.15) is 5.69 Å². The van der Waals surface area contributed by atoms with E-state index >= 15 is 0 Å². The van der Waals surface area contributed by atoms with Crippen LogP contribution < -0.4 is 0 Å². The molecule has 98 valence electrons. The Balaban J connectivity index is 1.75. The van der Waals surface area contributed by atoms with Gasteiger partial charge in [-0.3, -0.25) is 19.7 Å². The van der Waals surface area contributed by atoms with E-state index in [1.807, 2.05) is 18.2 Å². The van der Waals surface area contributed by atoms with E-state index in [1.165, 1.54) is 12.6 Å². The third-order valence-corrected chi connectivity index (χ3v) is 2.68. The SMILES string of the molecule is O=C(Cc1cnc(-c2ccccn2)cn1)c1cnco1. The van der Waals surface area contributed by atoms with Gasteiger partial charge in [0.25, 0.3) is 0 Å². The van der Waals surface area contributed by atoms with Crippen molar-refractivity contribution in [3.63, 3.8) is 0 Å². The molecule has 0 saturated heterocycles. The Morgan fingerprint density at radius 1 is 1.05 bits per heavy atom. The largest absolute Gasteiger partial charge is 0.440 e. The summed E-state index contributed by atoms with van der Waals surface area (Å²) in [6, 6.07) is 5.57. The van der Waals surface area contributed by atoms with Crippen LogP contribution in [0.15, 0.2) is 53.8 Å². The maximum atomic E-state index is 11.8. The van der Waals surface area contributed by atoms with E-state index in [2.05, 4.69) is 19.9 Å². The van der Waals surface area contributed by atoms with Gasteiger partial charge in [-0.15, -0.1) is 0 Å². The number of carbonyl (C=O) groups excluding carboxylic acids is 1. The number of hydrogen-bond acceptors (Lipinski definition) is 6. The summed E-state index contributed by atoms with van der Waals surface area (Å²) in [5, 5.41) is 0. The Labute approximate surface area is 114 Å². The summed E-state index contributed by atoms with van der Waals surface area (Å²) in [7, 11) is 0. The summed E-state index contributed by atoms with van der Waals surface area (Å²) < 4.78 is 4.94. The maximum Gasteiger partial charge on any atom is 0.205 e. The van der Waals surface area contributed by atoms with Gasteiger partial charge >= 0.3 is 0 Å². The van der Waals surface area contributed by atoms with Gasteiger partial charge in [0, 0.05) is 12.4 Å². The lowest BCUT2D eigenvalue weighted by atomic mass is 10.2. The molecule has 0 fully saturated rings. The molecule has 3 heterocycles. The van der Waals surface area contributed by atoms with Crippen molar-refractivity contribution in [1.29, 1.82) is 0 Å². The van der Waals surface area contributed by atoms with E-state index in [0.29, 0.717) is 11.4 Å². The smallest absolute Gasteiger partial charge is 0.205 e. The van der Waals surface area contributed by atoms with Crippen LogP contribution >= 0.6 is 0 Å². The average molecular weight is 266 g/mol. The van der Waals surface area contributed by atoms with Crippen LogP contribution in [0, 0.1) is 0 Å². The minimum atomic E-state index is -0.178. The van der Waals surface area contributed by atoms with Gasteiger partial charge in [-0.1, -0.05) is 6.07 Å². The fourth-order valence-corrected chi connectivity index (χ4v) is 1.70. The molecule has 6 nitrogen and oxygen atoms in total. The van der Waals surface area contributed by atoms with Gasteiger partial charge in [0.15, 0.2) is 12.2 Å². The van der Waals surface area contributed by atoms with Gasteiger partial charge in [0.05, 0.1) is 30.2 Å². The molecule has 3 aromatic rings. The highest BCUT2D eigenvalue weighted by Crippen LogP contribution is 2.12. The first kappa shape index (κ1) is 12.2. The Bertz CT molecular complexity index is 694. The molecule has 0 atom stereocenters. The highest BCUT2D eigenvalue weighted by molar-refractivity contribution is 5.94. The van der Waals surface area contributed by atoms with Crippen molar-refractivity contribution in [2.24, 2.45) is 0 Å². The molecule has 0 aliphatic carbocycles. The number of oxazole rings is 1. The van der Waals surface area contributed by atoms with Crippen molar-refractivity contribution in [2.75, 3.05) is 0 Å². The summed E-state index contributed by atoms with van der Waals surface area (Å²) in [6.07, 6.45) is 7.60. The van der Waals surface area contributed by atoms with E-state index in [4.69, 9.17) is 4.42 Å². The maximum absolute atomic E-state index is 11.8. The number of rotatable bonds is 4. The Morgan fingerprint density at radius 2 is 2.00 bits per heavy atom. The zero-order chi connectivity index (χ0) is 13.8. The Hall–Kier alpha value is -2.89. The molecule has 0 aromatic carbocycles. The van der Waals surface area contributed by atoms with Gasteiger partial charge in [0.2, 0.25) is 5.78 Å². The molecule has 0 aliphatic heterocycles. The highest BCUT2D eigenvalue weighted by Gasteiger charge is 2.12. The van der Waals surface area contributed by atoms with Gasteiger partial charge in [-0.25, -0.2) is 4.98 Å². The number of Topliss-reactive ketones (excluding diaryl/α,β-unsaturated/α-hetero) is 1. The first-order valence-electron chi connectivity index (χ1n) is 5.97. The predicted molar refractivity (Wildman–Crippen MR) is 69.8 cm³/mol. The second-order valence-electron chi connectivity index (χ2n) is 4.07. The van der Waals surface area contributed by atoms with Crippen molar-refractivity contribution in [3.05, 3.63) is 60.8 Å². The van der Waals surface area contributed by atoms with E-state index < -0.39 is 0 Å². The van der Waals surface area contributed by atoms with Crippen LogP contribution in [-0.4, -0.2) is 25.7 Å². The summed E-state index contributed by atoms with van der Waals surface area (Å²) in [5.41, 5.74) is 1.99. The minimum Gasteiger partial charge on any atom is -0.440 e. The predicted octanol–water partition coefficient (Wildman–Crippen LogP) is 1.95. The Kier molecular flexibility index (Phi) is 3.28. The summed E-state index contributed by atoms with van der Waals surface area (Å²) in [5.74, 6) is 0.0444. The van der Waals surface area contributed by atoms with Crippen molar-refractivity contribution in [1.82, 2.24) is 19.9 Å². The molecule has 0 unspecified atom stereocenters. The molecule has 3 rings (SSSR count). The van der Waals surface area contributed by atoms with Gasteiger partial charge in [-0.05, 0) is 12.1 Å². The lowest BCUT2D eigenvalue weighted by molar-refractivity contribution is 0.0965. The van der Waals surface area contributed by atoms with Crippen LogP contribution in [0.25, 0.3) is 11.4 Å². The molecule has 0 spiro atoms. The molecule has 3 aromatic heterocycles. The van der Waals surface area contributed by atoms with E-state index in [9.17, 15) is 4.79 Å². The van der Waals surface area contributed by atoms with Crippen molar-refractivity contribution < 1.29 is 9.21 Å². The van der Waals surface area contributed by atoms with E-state index in [-0.39, 0.29) is 18.0 Å². The van der Waals surface area contributed by atoms with Crippen LogP contribution in [-0.2, 0) is 6.42 Å². The second kappa shape index (κ2) is 5.40. The molecule has 0 bridgehead atoms. The highest BCUT2D eigenvalue weighted by atomic mass is 16.3. The van der Waals surface area contributed by atoms with Crippen LogP contribution in [0.5, 0.6) is 0 Å².